The van der Waals surface area contributed by atoms with Crippen LogP contribution in [0.25, 0.3) is 0 Å². The lowest BCUT2D eigenvalue weighted by atomic mass is 10.1. The van der Waals surface area contributed by atoms with Crippen LogP contribution in [0, 0.1) is 0 Å². The maximum Gasteiger partial charge on any atom is 0.276 e. The lowest BCUT2D eigenvalue weighted by Crippen LogP contribution is -2.35. The van der Waals surface area contributed by atoms with Crippen LogP contribution in [-0.2, 0) is 0 Å². The van der Waals surface area contributed by atoms with E-state index in [-0.39, 0.29) is 11.3 Å². The third-order valence-electron chi connectivity index (χ3n) is 2.03. The first kappa shape index (κ1) is 12.4. The van der Waals surface area contributed by atoms with Gasteiger partial charge >= 0.3 is 0 Å². The van der Waals surface area contributed by atoms with Crippen molar-refractivity contribution in [3.8, 4) is 0 Å². The van der Waals surface area contributed by atoms with Gasteiger partial charge < -0.3 is 16.8 Å². The third-order valence-corrected chi connectivity index (χ3v) is 2.03. The average molecular weight is 229 g/mol. The Morgan fingerprint density at radius 2 is 2.00 bits per heavy atom. The summed E-state index contributed by atoms with van der Waals surface area (Å²) in [5.41, 5.74) is 10.4. The fourth-order valence-electron chi connectivity index (χ4n) is 1.15. The maximum atomic E-state index is 12.9. The molecule has 0 aromatic heterocycles. The fourth-order valence-corrected chi connectivity index (χ4v) is 1.15. The second-order valence-corrected chi connectivity index (χ2v) is 3.32. The highest BCUT2D eigenvalue weighted by molar-refractivity contribution is 5.98. The zero-order chi connectivity index (χ0) is 12.2. The van der Waals surface area contributed by atoms with E-state index >= 15 is 0 Å². The third kappa shape index (κ3) is 3.16. The first-order valence-electron chi connectivity index (χ1n) is 4.67. The summed E-state index contributed by atoms with van der Waals surface area (Å²) in [6, 6.07) is 6.19. The first-order valence-corrected chi connectivity index (χ1v) is 4.67. The van der Waals surface area contributed by atoms with Crippen molar-refractivity contribution in [1.29, 1.82) is 0 Å². The summed E-state index contributed by atoms with van der Waals surface area (Å²) < 4.78 is 25.7. The highest BCUT2D eigenvalue weighted by Gasteiger charge is 2.26. The monoisotopic (exact) mass is 229 g/mol. The van der Waals surface area contributed by atoms with Gasteiger partial charge in [-0.3, -0.25) is 4.79 Å². The van der Waals surface area contributed by atoms with Gasteiger partial charge in [-0.15, -0.1) is 0 Å². The number of anilines is 1. The van der Waals surface area contributed by atoms with Crippen molar-refractivity contribution >= 4 is 11.6 Å². The summed E-state index contributed by atoms with van der Waals surface area (Å²) in [5, 5.41) is 2.45. The molecule has 88 valence electrons. The van der Waals surface area contributed by atoms with Gasteiger partial charge in [-0.05, 0) is 12.1 Å². The number of alkyl halides is 2. The summed E-state index contributed by atoms with van der Waals surface area (Å²) in [5.74, 6) is -3.68. The number of halogens is 2. The molecule has 1 aromatic rings. The van der Waals surface area contributed by atoms with E-state index in [2.05, 4.69) is 5.32 Å². The van der Waals surface area contributed by atoms with Crippen LogP contribution in [0.15, 0.2) is 24.3 Å². The largest absolute Gasteiger partial charge is 0.378 e. The molecule has 0 bridgehead atoms. The fraction of sp³-hybridized carbons (Fsp3) is 0.300. The molecule has 0 spiro atoms. The Hall–Kier alpha value is -1.69. The topological polar surface area (TPSA) is 81.1 Å². The number of hydrogen-bond acceptors (Lipinski definition) is 3. The average Bonchev–Trinajstić information content (AvgIpc) is 2.27. The quantitative estimate of drug-likeness (QED) is 0.698. The minimum atomic E-state index is -3.01. The van der Waals surface area contributed by atoms with Crippen molar-refractivity contribution in [2.75, 3.05) is 18.4 Å². The van der Waals surface area contributed by atoms with E-state index in [0.29, 0.717) is 0 Å². The molecular weight excluding hydrogens is 216 g/mol. The van der Waals surface area contributed by atoms with E-state index in [1.807, 2.05) is 0 Å². The second kappa shape index (κ2) is 4.89. The summed E-state index contributed by atoms with van der Waals surface area (Å²) >= 11 is 0. The number of benzene rings is 1. The molecule has 0 saturated carbocycles. The Morgan fingerprint density at radius 1 is 1.38 bits per heavy atom. The Labute approximate surface area is 91.6 Å². The number of nitrogens with two attached hydrogens (primary N) is 2. The van der Waals surface area contributed by atoms with Gasteiger partial charge in [0, 0.05) is 5.69 Å². The predicted octanol–water partition coefficient (Wildman–Crippen LogP) is 0.791. The zero-order valence-electron chi connectivity index (χ0n) is 8.54. The van der Waals surface area contributed by atoms with Crippen molar-refractivity contribution < 1.29 is 13.6 Å². The summed E-state index contributed by atoms with van der Waals surface area (Å²) in [6.45, 7) is -1.38. The number of primary amides is 1. The Morgan fingerprint density at radius 3 is 2.56 bits per heavy atom. The summed E-state index contributed by atoms with van der Waals surface area (Å²) in [7, 11) is 0. The van der Waals surface area contributed by atoms with Crippen LogP contribution >= 0.6 is 0 Å². The van der Waals surface area contributed by atoms with Crippen LogP contribution in [0.5, 0.6) is 0 Å². The van der Waals surface area contributed by atoms with Crippen LogP contribution in [0.2, 0.25) is 0 Å². The van der Waals surface area contributed by atoms with Gasteiger partial charge in [0.2, 0.25) is 0 Å². The van der Waals surface area contributed by atoms with Crippen LogP contribution in [0.3, 0.4) is 0 Å². The van der Waals surface area contributed by atoms with Gasteiger partial charge in [-0.2, -0.15) is 0 Å². The highest BCUT2D eigenvalue weighted by Crippen LogP contribution is 2.17. The molecule has 0 aliphatic rings. The summed E-state index contributed by atoms with van der Waals surface area (Å²) in [6.07, 6.45) is 0. The lowest BCUT2D eigenvalue weighted by Gasteiger charge is -2.16. The standard InChI is InChI=1S/C10H13F2N3O/c11-10(12,5-13)6-15-8-4-2-1-3-7(8)9(14)16/h1-4,15H,5-6,13H2,(H2,14,16). The molecule has 5 N–H and O–H groups in total. The highest BCUT2D eigenvalue weighted by atomic mass is 19.3. The van der Waals surface area contributed by atoms with Crippen LogP contribution in [0.1, 0.15) is 10.4 Å². The van der Waals surface area contributed by atoms with Gasteiger partial charge in [-0.1, -0.05) is 12.1 Å². The molecule has 0 aliphatic carbocycles. The molecule has 1 aromatic carbocycles. The first-order chi connectivity index (χ1) is 7.46. The van der Waals surface area contributed by atoms with E-state index in [4.69, 9.17) is 11.5 Å². The molecule has 16 heavy (non-hydrogen) atoms. The lowest BCUT2D eigenvalue weighted by molar-refractivity contribution is 0.0253. The molecule has 1 amide bonds. The molecule has 0 fully saturated rings. The number of hydrogen-bond donors (Lipinski definition) is 3. The maximum absolute atomic E-state index is 12.9. The Balaban J connectivity index is 2.78. The normalized spacial score (nSPS) is 11.2. The van der Waals surface area contributed by atoms with Crippen molar-refractivity contribution in [3.05, 3.63) is 29.8 Å². The summed E-state index contributed by atoms with van der Waals surface area (Å²) in [4.78, 5) is 11.0. The molecule has 0 aliphatic heterocycles. The molecule has 0 radical (unpaired) electrons. The van der Waals surface area contributed by atoms with Gasteiger partial charge in [0.25, 0.3) is 11.8 Å². The Bertz CT molecular complexity index is 382. The molecule has 4 nitrogen and oxygen atoms in total. The van der Waals surface area contributed by atoms with E-state index in [1.54, 1.807) is 12.1 Å². The molecule has 6 heteroatoms. The number of amides is 1. The van der Waals surface area contributed by atoms with Crippen molar-refractivity contribution in [2.24, 2.45) is 11.5 Å². The zero-order valence-corrected chi connectivity index (χ0v) is 8.54. The van der Waals surface area contributed by atoms with Crippen molar-refractivity contribution in [3.63, 3.8) is 0 Å². The molecule has 0 unspecified atom stereocenters. The van der Waals surface area contributed by atoms with E-state index in [9.17, 15) is 13.6 Å². The van der Waals surface area contributed by atoms with E-state index < -0.39 is 24.9 Å². The minimum absolute atomic E-state index is 0.176. The van der Waals surface area contributed by atoms with Crippen LogP contribution in [-0.4, -0.2) is 24.9 Å². The van der Waals surface area contributed by atoms with Gasteiger partial charge in [0.05, 0.1) is 18.7 Å². The number of carbonyl (C=O) groups excluding carboxylic acids is 1. The molecule has 0 atom stereocenters. The smallest absolute Gasteiger partial charge is 0.276 e. The molecule has 0 saturated heterocycles. The van der Waals surface area contributed by atoms with Crippen molar-refractivity contribution in [2.45, 2.75) is 5.92 Å². The van der Waals surface area contributed by atoms with E-state index in [1.165, 1.54) is 12.1 Å². The SMILES string of the molecule is NCC(F)(F)CNc1ccccc1C(N)=O. The molecule has 0 heterocycles. The van der Waals surface area contributed by atoms with Crippen LogP contribution < -0.4 is 16.8 Å². The minimum Gasteiger partial charge on any atom is -0.378 e. The number of carbonyl (C=O) groups is 1. The van der Waals surface area contributed by atoms with Gasteiger partial charge in [0.15, 0.2) is 0 Å². The number of nitrogens with one attached hydrogen (secondary N) is 1. The van der Waals surface area contributed by atoms with Crippen molar-refractivity contribution in [1.82, 2.24) is 0 Å². The second-order valence-electron chi connectivity index (χ2n) is 3.32. The predicted molar refractivity (Wildman–Crippen MR) is 57.5 cm³/mol. The van der Waals surface area contributed by atoms with Gasteiger partial charge in [0.1, 0.15) is 0 Å². The van der Waals surface area contributed by atoms with Gasteiger partial charge in [-0.25, -0.2) is 8.78 Å². The molecular formula is C10H13F2N3O. The van der Waals surface area contributed by atoms with E-state index in [0.717, 1.165) is 0 Å². The molecule has 1 rings (SSSR count). The van der Waals surface area contributed by atoms with Crippen LogP contribution in [0.4, 0.5) is 14.5 Å². The number of rotatable bonds is 5. The Kier molecular flexibility index (Phi) is 3.78. The number of para-hydroxylation sites is 1.